The molecule has 0 atom stereocenters. The predicted molar refractivity (Wildman–Crippen MR) is 70.0 cm³/mol. The van der Waals surface area contributed by atoms with Gasteiger partial charge in [-0.25, -0.2) is 0 Å². The molecule has 2 nitrogen and oxygen atoms in total. The van der Waals surface area contributed by atoms with Gasteiger partial charge >= 0.3 is 0 Å². The molecule has 2 heteroatoms. The maximum absolute atomic E-state index is 4.14. The summed E-state index contributed by atoms with van der Waals surface area (Å²) in [7, 11) is 0. The van der Waals surface area contributed by atoms with Crippen LogP contribution in [0, 0.1) is 5.41 Å². The third kappa shape index (κ3) is 2.23. The minimum Gasteiger partial charge on any atom is -0.313 e. The van der Waals surface area contributed by atoms with E-state index in [0.717, 1.165) is 12.6 Å². The maximum Gasteiger partial charge on any atom is 0.0270 e. The highest BCUT2D eigenvalue weighted by atomic mass is 15.0. The standard InChI is InChI=1S/C15H22N2/c1-14(2)9-15(10-14,11-17-13-3-4-13)12-5-7-16-8-6-12/h5-8,13,17H,3-4,9-11H2,1-2H3. The number of aromatic nitrogens is 1. The number of pyridine rings is 1. The molecule has 2 aliphatic rings. The first-order valence-electron chi connectivity index (χ1n) is 6.74. The second-order valence-corrected chi connectivity index (χ2v) is 6.69. The van der Waals surface area contributed by atoms with Crippen molar-refractivity contribution in [1.82, 2.24) is 10.3 Å². The van der Waals surface area contributed by atoms with Crippen LogP contribution in [-0.4, -0.2) is 17.6 Å². The Kier molecular flexibility index (Phi) is 2.51. The van der Waals surface area contributed by atoms with Gasteiger partial charge in [0.1, 0.15) is 0 Å². The third-order valence-corrected chi connectivity index (χ3v) is 4.23. The molecular weight excluding hydrogens is 208 g/mol. The smallest absolute Gasteiger partial charge is 0.0270 e. The van der Waals surface area contributed by atoms with E-state index in [4.69, 9.17) is 0 Å². The largest absolute Gasteiger partial charge is 0.313 e. The fourth-order valence-corrected chi connectivity index (χ4v) is 3.54. The zero-order valence-corrected chi connectivity index (χ0v) is 10.9. The fourth-order valence-electron chi connectivity index (χ4n) is 3.54. The Balaban J connectivity index is 1.77. The summed E-state index contributed by atoms with van der Waals surface area (Å²) in [6.07, 6.45) is 9.19. The first-order valence-corrected chi connectivity index (χ1v) is 6.74. The molecule has 1 aromatic rings. The van der Waals surface area contributed by atoms with Crippen LogP contribution in [0.5, 0.6) is 0 Å². The fraction of sp³-hybridized carbons (Fsp3) is 0.667. The lowest BCUT2D eigenvalue weighted by molar-refractivity contribution is 0.0559. The minimum atomic E-state index is 0.370. The van der Waals surface area contributed by atoms with Crippen LogP contribution in [0.1, 0.15) is 45.1 Å². The van der Waals surface area contributed by atoms with E-state index in [1.807, 2.05) is 12.4 Å². The molecule has 2 saturated carbocycles. The van der Waals surface area contributed by atoms with Crippen molar-refractivity contribution in [2.75, 3.05) is 6.54 Å². The second-order valence-electron chi connectivity index (χ2n) is 6.69. The lowest BCUT2D eigenvalue weighted by atomic mass is 9.52. The Labute approximate surface area is 104 Å². The highest BCUT2D eigenvalue weighted by Gasteiger charge is 2.50. The molecule has 92 valence electrons. The van der Waals surface area contributed by atoms with Gasteiger partial charge in [-0.3, -0.25) is 4.98 Å². The van der Waals surface area contributed by atoms with Gasteiger partial charge in [-0.05, 0) is 48.8 Å². The molecule has 0 unspecified atom stereocenters. The van der Waals surface area contributed by atoms with E-state index in [0.29, 0.717) is 10.8 Å². The molecule has 0 amide bonds. The van der Waals surface area contributed by atoms with E-state index in [-0.39, 0.29) is 0 Å². The van der Waals surface area contributed by atoms with Crippen LogP contribution in [0.25, 0.3) is 0 Å². The average Bonchev–Trinajstić information content (AvgIpc) is 3.08. The van der Waals surface area contributed by atoms with Gasteiger partial charge in [-0.2, -0.15) is 0 Å². The molecule has 3 rings (SSSR count). The topological polar surface area (TPSA) is 24.9 Å². The van der Waals surface area contributed by atoms with Crippen LogP contribution in [-0.2, 0) is 5.41 Å². The van der Waals surface area contributed by atoms with Gasteiger partial charge in [-0.1, -0.05) is 13.8 Å². The van der Waals surface area contributed by atoms with Gasteiger partial charge in [0, 0.05) is 30.4 Å². The van der Waals surface area contributed by atoms with Crippen molar-refractivity contribution in [1.29, 1.82) is 0 Å². The summed E-state index contributed by atoms with van der Waals surface area (Å²) in [6.45, 7) is 5.90. The zero-order chi connectivity index (χ0) is 11.9. The van der Waals surface area contributed by atoms with Crippen molar-refractivity contribution in [2.45, 2.75) is 51.0 Å². The minimum absolute atomic E-state index is 0.370. The number of hydrogen-bond donors (Lipinski definition) is 1. The quantitative estimate of drug-likeness (QED) is 0.860. The predicted octanol–water partition coefficient (Wildman–Crippen LogP) is 2.89. The SMILES string of the molecule is CC1(C)CC(CNC2CC2)(c2ccncc2)C1. The van der Waals surface area contributed by atoms with Gasteiger partial charge < -0.3 is 5.32 Å². The Morgan fingerprint density at radius 3 is 2.41 bits per heavy atom. The number of nitrogens with zero attached hydrogens (tertiary/aromatic N) is 1. The first-order chi connectivity index (χ1) is 8.10. The number of nitrogens with one attached hydrogen (secondary N) is 1. The molecule has 1 N–H and O–H groups in total. The van der Waals surface area contributed by atoms with Crippen LogP contribution in [0.3, 0.4) is 0 Å². The highest BCUT2D eigenvalue weighted by molar-refractivity contribution is 5.29. The van der Waals surface area contributed by atoms with Crippen molar-refractivity contribution in [3.05, 3.63) is 30.1 Å². The Morgan fingerprint density at radius 2 is 1.88 bits per heavy atom. The van der Waals surface area contributed by atoms with E-state index in [1.54, 1.807) is 0 Å². The van der Waals surface area contributed by atoms with Crippen LogP contribution in [0.15, 0.2) is 24.5 Å². The molecule has 1 heterocycles. The summed E-state index contributed by atoms with van der Waals surface area (Å²) >= 11 is 0. The van der Waals surface area contributed by atoms with Gasteiger partial charge in [-0.15, -0.1) is 0 Å². The number of rotatable bonds is 4. The maximum atomic E-state index is 4.14. The van der Waals surface area contributed by atoms with E-state index >= 15 is 0 Å². The Morgan fingerprint density at radius 1 is 1.24 bits per heavy atom. The molecule has 17 heavy (non-hydrogen) atoms. The van der Waals surface area contributed by atoms with Gasteiger partial charge in [0.05, 0.1) is 0 Å². The van der Waals surface area contributed by atoms with Crippen molar-refractivity contribution < 1.29 is 0 Å². The monoisotopic (exact) mass is 230 g/mol. The molecule has 0 radical (unpaired) electrons. The summed E-state index contributed by atoms with van der Waals surface area (Å²) in [5.41, 5.74) is 2.35. The van der Waals surface area contributed by atoms with E-state index in [2.05, 4.69) is 36.3 Å². The van der Waals surface area contributed by atoms with E-state index < -0.39 is 0 Å². The molecule has 1 aromatic heterocycles. The summed E-state index contributed by atoms with van der Waals surface area (Å²) in [4.78, 5) is 4.14. The highest BCUT2D eigenvalue weighted by Crippen LogP contribution is 2.55. The number of hydrogen-bond acceptors (Lipinski definition) is 2. The molecule has 0 bridgehead atoms. The van der Waals surface area contributed by atoms with E-state index in [9.17, 15) is 0 Å². The van der Waals surface area contributed by atoms with Crippen molar-refractivity contribution >= 4 is 0 Å². The van der Waals surface area contributed by atoms with Crippen LogP contribution >= 0.6 is 0 Å². The average molecular weight is 230 g/mol. The summed E-state index contributed by atoms with van der Waals surface area (Å²) in [6, 6.07) is 5.20. The van der Waals surface area contributed by atoms with Crippen molar-refractivity contribution in [3.63, 3.8) is 0 Å². The Hall–Kier alpha value is -0.890. The third-order valence-electron chi connectivity index (χ3n) is 4.23. The molecular formula is C15H22N2. The van der Waals surface area contributed by atoms with Crippen molar-refractivity contribution in [2.24, 2.45) is 5.41 Å². The van der Waals surface area contributed by atoms with Crippen molar-refractivity contribution in [3.8, 4) is 0 Å². The molecule has 0 saturated heterocycles. The molecule has 0 aromatic carbocycles. The first kappa shape index (κ1) is 11.2. The Bertz CT molecular complexity index is 385. The van der Waals surface area contributed by atoms with E-state index in [1.165, 1.54) is 31.2 Å². The molecule has 0 aliphatic heterocycles. The summed E-state index contributed by atoms with van der Waals surface area (Å²) in [5, 5.41) is 3.72. The zero-order valence-electron chi connectivity index (χ0n) is 10.9. The lowest BCUT2D eigenvalue weighted by Crippen LogP contribution is -2.52. The van der Waals surface area contributed by atoms with Gasteiger partial charge in [0.25, 0.3) is 0 Å². The molecule has 2 fully saturated rings. The molecule has 2 aliphatic carbocycles. The summed E-state index contributed by atoms with van der Waals surface area (Å²) in [5.74, 6) is 0. The molecule has 0 spiro atoms. The lowest BCUT2D eigenvalue weighted by Gasteiger charge is -2.54. The van der Waals surface area contributed by atoms with Crippen LogP contribution in [0.4, 0.5) is 0 Å². The van der Waals surface area contributed by atoms with Crippen LogP contribution < -0.4 is 5.32 Å². The second kappa shape index (κ2) is 3.81. The summed E-state index contributed by atoms with van der Waals surface area (Å²) < 4.78 is 0. The van der Waals surface area contributed by atoms with Gasteiger partial charge in [0.2, 0.25) is 0 Å². The van der Waals surface area contributed by atoms with Gasteiger partial charge in [0.15, 0.2) is 0 Å². The van der Waals surface area contributed by atoms with Crippen LogP contribution in [0.2, 0.25) is 0 Å². The normalized spacial score (nSPS) is 25.3.